The Hall–Kier alpha value is -3.30. The minimum Gasteiger partial charge on any atom is -0.493 e. The molecule has 2 aromatic rings. The Kier molecular flexibility index (Phi) is 7.76. The van der Waals surface area contributed by atoms with Crippen LogP contribution in [0.4, 0.5) is 10.4 Å². The van der Waals surface area contributed by atoms with E-state index >= 15 is 0 Å². The van der Waals surface area contributed by atoms with Crippen LogP contribution >= 0.6 is 0 Å². The first-order chi connectivity index (χ1) is 18.3. The van der Waals surface area contributed by atoms with Crippen LogP contribution in [0, 0.1) is 23.6 Å². The second-order valence-electron chi connectivity index (χ2n) is 11.3. The van der Waals surface area contributed by atoms with Crippen LogP contribution in [0.15, 0.2) is 34.1 Å². The third-order valence-electron chi connectivity index (χ3n) is 8.24. The number of hydrogen-bond donors (Lipinski definition) is 2. The number of piperidine rings is 1. The molecule has 2 fully saturated rings. The molecule has 4 N–H and O–H groups in total. The first kappa shape index (κ1) is 26.3. The zero-order valence-corrected chi connectivity index (χ0v) is 22.4. The Bertz CT molecular complexity index is 1170. The van der Waals surface area contributed by atoms with Gasteiger partial charge in [-0.05, 0) is 55.1 Å². The van der Waals surface area contributed by atoms with E-state index in [1.54, 1.807) is 17.0 Å². The zero-order chi connectivity index (χ0) is 26.8. The van der Waals surface area contributed by atoms with E-state index in [0.29, 0.717) is 60.8 Å². The molecule has 5 rings (SSSR count). The fourth-order valence-corrected chi connectivity index (χ4v) is 5.67. The van der Waals surface area contributed by atoms with Crippen molar-refractivity contribution in [3.05, 3.63) is 46.8 Å². The van der Waals surface area contributed by atoms with Gasteiger partial charge < -0.3 is 30.5 Å². The molecule has 0 spiro atoms. The summed E-state index contributed by atoms with van der Waals surface area (Å²) >= 11 is 0. The van der Waals surface area contributed by atoms with Crippen molar-refractivity contribution in [2.45, 2.75) is 58.3 Å². The highest BCUT2D eigenvalue weighted by molar-refractivity contribution is 5.79. The lowest BCUT2D eigenvalue weighted by Gasteiger charge is -2.30. The van der Waals surface area contributed by atoms with Gasteiger partial charge in [0.1, 0.15) is 11.6 Å². The maximum absolute atomic E-state index is 14.7. The van der Waals surface area contributed by atoms with Crippen molar-refractivity contribution in [2.24, 2.45) is 29.2 Å². The molecule has 3 aliphatic rings. The molecule has 1 aromatic carbocycles. The molecule has 9 nitrogen and oxygen atoms in total. The number of benzene rings is 1. The van der Waals surface area contributed by atoms with Crippen molar-refractivity contribution in [1.29, 1.82) is 0 Å². The first-order valence-corrected chi connectivity index (χ1v) is 13.8. The number of nitrogens with two attached hydrogens (primary N) is 2. The standard InChI is InChI=1S/C28H39FN6O3/c1-17(2)27-32-28(38-33-27)34-9-5-18(6-10-34)22-13-19(22)8-12-37-21-4-3-20(23(29)15-21)14-26(36)35-11-7-24(30)25(31)16-35/h3-4,15,17-19,22H,5-14,16,30-31H2,1-2H3/t19-,22?/m1/s1. The number of rotatable bonds is 9. The Morgan fingerprint density at radius 2 is 2.00 bits per heavy atom. The lowest BCUT2D eigenvalue weighted by atomic mass is 9.90. The summed E-state index contributed by atoms with van der Waals surface area (Å²) in [5, 5.41) is 4.08. The van der Waals surface area contributed by atoms with E-state index < -0.39 is 5.82 Å². The Labute approximate surface area is 223 Å². The maximum atomic E-state index is 14.7. The molecular weight excluding hydrogens is 487 g/mol. The third-order valence-corrected chi connectivity index (χ3v) is 8.24. The van der Waals surface area contributed by atoms with E-state index in [0.717, 1.165) is 50.0 Å². The Morgan fingerprint density at radius 3 is 2.68 bits per heavy atom. The number of aromatic nitrogens is 2. The van der Waals surface area contributed by atoms with Crippen molar-refractivity contribution in [3.8, 4) is 5.75 Å². The molecule has 0 radical (unpaired) electrons. The van der Waals surface area contributed by atoms with Crippen LogP contribution in [0.25, 0.3) is 0 Å². The normalized spacial score (nSPS) is 22.3. The second kappa shape index (κ2) is 11.2. The first-order valence-electron chi connectivity index (χ1n) is 13.8. The van der Waals surface area contributed by atoms with Gasteiger partial charge in [-0.15, -0.1) is 0 Å². The molecule has 206 valence electrons. The largest absolute Gasteiger partial charge is 0.493 e. The molecule has 2 aliphatic heterocycles. The predicted octanol–water partition coefficient (Wildman–Crippen LogP) is 3.56. The number of halogens is 1. The van der Waals surface area contributed by atoms with E-state index in [1.807, 2.05) is 0 Å². The van der Waals surface area contributed by atoms with Gasteiger partial charge in [-0.1, -0.05) is 25.1 Å². The summed E-state index contributed by atoms with van der Waals surface area (Å²) in [6, 6.07) is 5.42. The van der Waals surface area contributed by atoms with Crippen LogP contribution in [0.2, 0.25) is 0 Å². The molecule has 1 saturated heterocycles. The van der Waals surface area contributed by atoms with Gasteiger partial charge in [-0.25, -0.2) is 4.39 Å². The van der Waals surface area contributed by atoms with E-state index in [4.69, 9.17) is 20.7 Å². The summed E-state index contributed by atoms with van der Waals surface area (Å²) in [5.74, 6) is 3.09. The molecule has 1 unspecified atom stereocenters. The number of nitrogens with zero attached hydrogens (tertiary/aromatic N) is 4. The minimum absolute atomic E-state index is 0.00669. The van der Waals surface area contributed by atoms with Gasteiger partial charge in [-0.2, -0.15) is 4.98 Å². The average molecular weight is 527 g/mol. The van der Waals surface area contributed by atoms with Gasteiger partial charge >= 0.3 is 6.01 Å². The highest BCUT2D eigenvalue weighted by Gasteiger charge is 2.43. The monoisotopic (exact) mass is 526 g/mol. The third kappa shape index (κ3) is 6.05. The second-order valence-corrected chi connectivity index (χ2v) is 11.3. The summed E-state index contributed by atoms with van der Waals surface area (Å²) in [7, 11) is 0. The number of carbonyl (C=O) groups is 1. The zero-order valence-electron chi connectivity index (χ0n) is 22.4. The van der Waals surface area contributed by atoms with Crippen molar-refractivity contribution in [3.63, 3.8) is 0 Å². The summed E-state index contributed by atoms with van der Waals surface area (Å²) in [6.45, 7) is 7.41. The molecule has 2 atom stereocenters. The predicted molar refractivity (Wildman–Crippen MR) is 142 cm³/mol. The van der Waals surface area contributed by atoms with Crippen molar-refractivity contribution in [2.75, 3.05) is 37.7 Å². The van der Waals surface area contributed by atoms with Crippen LogP contribution in [-0.2, 0) is 11.2 Å². The van der Waals surface area contributed by atoms with Crippen molar-refractivity contribution >= 4 is 11.9 Å². The van der Waals surface area contributed by atoms with Gasteiger partial charge in [0.05, 0.1) is 19.6 Å². The summed E-state index contributed by atoms with van der Waals surface area (Å²) in [4.78, 5) is 20.9. The molecular formula is C28H39FN6O3. The molecule has 10 heteroatoms. The minimum atomic E-state index is -0.422. The Balaban J connectivity index is 1.02. The number of anilines is 1. The van der Waals surface area contributed by atoms with Crippen LogP contribution in [0.3, 0.4) is 0 Å². The summed E-state index contributed by atoms with van der Waals surface area (Å²) in [6.07, 6.45) is 5.03. The fraction of sp³-hybridized carbons (Fsp3) is 0.607. The molecule has 0 bridgehead atoms. The quantitative estimate of drug-likeness (QED) is 0.508. The van der Waals surface area contributed by atoms with E-state index in [-0.39, 0.29) is 18.2 Å². The lowest BCUT2D eigenvalue weighted by Crippen LogP contribution is -2.41. The van der Waals surface area contributed by atoms with Gasteiger partial charge in [0.25, 0.3) is 0 Å². The lowest BCUT2D eigenvalue weighted by molar-refractivity contribution is -0.130. The topological polar surface area (TPSA) is 124 Å². The van der Waals surface area contributed by atoms with Gasteiger partial charge in [0.15, 0.2) is 5.82 Å². The van der Waals surface area contributed by atoms with Crippen LogP contribution in [0.1, 0.15) is 63.3 Å². The Morgan fingerprint density at radius 1 is 1.21 bits per heavy atom. The number of carbonyl (C=O) groups excluding carboxylic acids is 1. The van der Waals surface area contributed by atoms with Crippen LogP contribution in [0.5, 0.6) is 5.75 Å². The maximum Gasteiger partial charge on any atom is 0.324 e. The van der Waals surface area contributed by atoms with Crippen molar-refractivity contribution in [1.82, 2.24) is 15.0 Å². The molecule has 38 heavy (non-hydrogen) atoms. The summed E-state index contributed by atoms with van der Waals surface area (Å²) < 4.78 is 26.0. The van der Waals surface area contributed by atoms with Gasteiger partial charge in [-0.3, -0.25) is 4.79 Å². The van der Waals surface area contributed by atoms with E-state index in [1.165, 1.54) is 12.5 Å². The molecule has 1 saturated carbocycles. The molecule has 1 aliphatic carbocycles. The fourth-order valence-electron chi connectivity index (χ4n) is 5.67. The molecule has 1 aromatic heterocycles. The highest BCUT2D eigenvalue weighted by atomic mass is 19.1. The van der Waals surface area contributed by atoms with Gasteiger partial charge in [0, 0.05) is 49.4 Å². The molecule has 1 amide bonds. The number of amides is 1. The van der Waals surface area contributed by atoms with Crippen LogP contribution < -0.4 is 21.1 Å². The van der Waals surface area contributed by atoms with E-state index in [2.05, 4.69) is 28.9 Å². The van der Waals surface area contributed by atoms with Gasteiger partial charge in [0.2, 0.25) is 5.91 Å². The van der Waals surface area contributed by atoms with E-state index in [9.17, 15) is 9.18 Å². The number of ether oxygens (including phenoxy) is 1. The molecule has 3 heterocycles. The average Bonchev–Trinajstić information content (AvgIpc) is 3.49. The van der Waals surface area contributed by atoms with Crippen LogP contribution in [-0.4, -0.2) is 53.7 Å². The van der Waals surface area contributed by atoms with Crippen molar-refractivity contribution < 1.29 is 18.4 Å². The highest BCUT2D eigenvalue weighted by Crippen LogP contribution is 2.50. The summed E-state index contributed by atoms with van der Waals surface area (Å²) in [5.41, 5.74) is 13.2. The smallest absolute Gasteiger partial charge is 0.324 e. The SMILES string of the molecule is CC(C)c1noc(N2CCC(C3C[C@H]3CCOc3ccc(CC(=O)N4CCC(N)=C(N)C4)c(F)c3)CC2)n1. The number of hydrogen-bond acceptors (Lipinski definition) is 8.